The van der Waals surface area contributed by atoms with Crippen LogP contribution in [0.25, 0.3) is 0 Å². The minimum Gasteiger partial charge on any atom is -0.320 e. The van der Waals surface area contributed by atoms with Crippen LogP contribution in [0, 0.1) is 5.92 Å². The van der Waals surface area contributed by atoms with Crippen molar-refractivity contribution >= 4 is 11.3 Å². The smallest absolute Gasteiger partial charge is 0.0327 e. The van der Waals surface area contributed by atoms with Gasteiger partial charge in [-0.25, -0.2) is 0 Å². The molecule has 1 N–H and O–H groups in total. The van der Waals surface area contributed by atoms with E-state index >= 15 is 0 Å². The minimum absolute atomic E-state index is 0.951. The van der Waals surface area contributed by atoms with Gasteiger partial charge in [-0.1, -0.05) is 6.07 Å². The Hall–Kier alpha value is -0.380. The Balaban J connectivity index is 1.69. The van der Waals surface area contributed by atoms with Crippen LogP contribution in [-0.2, 0) is 6.54 Å². The van der Waals surface area contributed by atoms with Gasteiger partial charge in [0.05, 0.1) is 0 Å². The average Bonchev–Trinajstić information content (AvgIpc) is 2.81. The number of hydrogen-bond acceptors (Lipinski definition) is 3. The SMILES string of the molecule is CNCCC1CCN(Cc2cccs2)CC1. The molecule has 0 aromatic carbocycles. The fourth-order valence-corrected chi connectivity index (χ4v) is 3.15. The number of rotatable bonds is 5. The van der Waals surface area contributed by atoms with Crippen molar-refractivity contribution in [2.24, 2.45) is 5.92 Å². The van der Waals surface area contributed by atoms with Crippen LogP contribution in [0.4, 0.5) is 0 Å². The highest BCUT2D eigenvalue weighted by molar-refractivity contribution is 7.09. The van der Waals surface area contributed by atoms with Crippen molar-refractivity contribution < 1.29 is 0 Å². The van der Waals surface area contributed by atoms with Gasteiger partial charge in [-0.3, -0.25) is 4.90 Å². The quantitative estimate of drug-likeness (QED) is 0.848. The van der Waals surface area contributed by atoms with Gasteiger partial charge < -0.3 is 5.32 Å². The van der Waals surface area contributed by atoms with Gasteiger partial charge in [0.25, 0.3) is 0 Å². The van der Waals surface area contributed by atoms with Crippen LogP contribution in [0.15, 0.2) is 17.5 Å². The van der Waals surface area contributed by atoms with E-state index in [1.54, 1.807) is 0 Å². The predicted octanol–water partition coefficient (Wildman–Crippen LogP) is 2.57. The van der Waals surface area contributed by atoms with Crippen LogP contribution in [0.2, 0.25) is 0 Å². The van der Waals surface area contributed by atoms with E-state index < -0.39 is 0 Å². The van der Waals surface area contributed by atoms with Crippen molar-refractivity contribution in [2.75, 3.05) is 26.7 Å². The number of likely N-dealkylation sites (tertiary alicyclic amines) is 1. The van der Waals surface area contributed by atoms with Crippen molar-refractivity contribution in [3.63, 3.8) is 0 Å². The fourth-order valence-electron chi connectivity index (χ4n) is 2.40. The molecule has 1 aliphatic rings. The van der Waals surface area contributed by atoms with Gasteiger partial charge in [-0.05, 0) is 63.3 Å². The maximum absolute atomic E-state index is 3.25. The Bertz CT molecular complexity index is 276. The summed E-state index contributed by atoms with van der Waals surface area (Å²) in [5, 5.41) is 5.43. The first-order valence-electron chi connectivity index (χ1n) is 6.28. The molecule has 2 rings (SSSR count). The molecule has 0 saturated carbocycles. The van der Waals surface area contributed by atoms with Crippen LogP contribution in [0.1, 0.15) is 24.1 Å². The van der Waals surface area contributed by atoms with Crippen molar-refractivity contribution in [2.45, 2.75) is 25.8 Å². The van der Waals surface area contributed by atoms with Crippen LogP contribution >= 0.6 is 11.3 Å². The van der Waals surface area contributed by atoms with Crippen molar-refractivity contribution in [1.82, 2.24) is 10.2 Å². The Morgan fingerprint density at radius 1 is 1.44 bits per heavy atom. The Labute approximate surface area is 103 Å². The van der Waals surface area contributed by atoms with E-state index in [0.717, 1.165) is 12.5 Å². The molecule has 1 fully saturated rings. The number of hydrogen-bond donors (Lipinski definition) is 1. The molecule has 90 valence electrons. The summed E-state index contributed by atoms with van der Waals surface area (Å²) in [6.45, 7) is 4.91. The average molecular weight is 238 g/mol. The van der Waals surface area contributed by atoms with Gasteiger partial charge in [0, 0.05) is 11.4 Å². The monoisotopic (exact) mass is 238 g/mol. The molecule has 1 aromatic heterocycles. The van der Waals surface area contributed by atoms with Gasteiger partial charge in [0.2, 0.25) is 0 Å². The van der Waals surface area contributed by atoms with Gasteiger partial charge in [0.1, 0.15) is 0 Å². The molecule has 16 heavy (non-hydrogen) atoms. The topological polar surface area (TPSA) is 15.3 Å². The van der Waals surface area contributed by atoms with E-state index in [0.29, 0.717) is 0 Å². The van der Waals surface area contributed by atoms with E-state index in [-0.39, 0.29) is 0 Å². The van der Waals surface area contributed by atoms with Gasteiger partial charge >= 0.3 is 0 Å². The van der Waals surface area contributed by atoms with Crippen LogP contribution in [0.5, 0.6) is 0 Å². The molecule has 0 bridgehead atoms. The Kier molecular flexibility index (Phi) is 4.82. The highest BCUT2D eigenvalue weighted by Gasteiger charge is 2.18. The highest BCUT2D eigenvalue weighted by Crippen LogP contribution is 2.22. The lowest BCUT2D eigenvalue weighted by Gasteiger charge is -2.31. The highest BCUT2D eigenvalue weighted by atomic mass is 32.1. The van der Waals surface area contributed by atoms with Gasteiger partial charge in [0.15, 0.2) is 0 Å². The van der Waals surface area contributed by atoms with Gasteiger partial charge in [-0.15, -0.1) is 11.3 Å². The second kappa shape index (κ2) is 6.38. The summed E-state index contributed by atoms with van der Waals surface area (Å²) in [5.41, 5.74) is 0. The lowest BCUT2D eigenvalue weighted by molar-refractivity contribution is 0.173. The third kappa shape index (κ3) is 3.58. The first-order valence-corrected chi connectivity index (χ1v) is 7.16. The molecular weight excluding hydrogens is 216 g/mol. The molecule has 3 heteroatoms. The summed E-state index contributed by atoms with van der Waals surface area (Å²) < 4.78 is 0. The summed E-state index contributed by atoms with van der Waals surface area (Å²) in [6, 6.07) is 4.40. The number of nitrogens with zero attached hydrogens (tertiary/aromatic N) is 1. The first-order chi connectivity index (χ1) is 7.88. The molecule has 0 atom stereocenters. The maximum Gasteiger partial charge on any atom is 0.0327 e. The first kappa shape index (κ1) is 12.1. The molecule has 0 aliphatic carbocycles. The maximum atomic E-state index is 3.25. The Morgan fingerprint density at radius 3 is 2.88 bits per heavy atom. The Morgan fingerprint density at radius 2 is 2.25 bits per heavy atom. The summed E-state index contributed by atoms with van der Waals surface area (Å²) in [5.74, 6) is 0.951. The normalized spacial score (nSPS) is 19.1. The zero-order chi connectivity index (χ0) is 11.2. The number of piperidine rings is 1. The summed E-state index contributed by atoms with van der Waals surface area (Å²) in [7, 11) is 2.05. The molecule has 2 heterocycles. The van der Waals surface area contributed by atoms with Gasteiger partial charge in [-0.2, -0.15) is 0 Å². The molecule has 1 saturated heterocycles. The molecule has 1 aromatic rings. The van der Waals surface area contributed by atoms with E-state index in [2.05, 4.69) is 27.7 Å². The molecule has 0 radical (unpaired) electrons. The molecule has 0 amide bonds. The largest absolute Gasteiger partial charge is 0.320 e. The summed E-state index contributed by atoms with van der Waals surface area (Å²) in [6.07, 6.45) is 4.11. The molecule has 2 nitrogen and oxygen atoms in total. The lowest BCUT2D eigenvalue weighted by atomic mass is 9.93. The fraction of sp³-hybridized carbons (Fsp3) is 0.692. The molecular formula is C13H22N2S. The van der Waals surface area contributed by atoms with E-state index in [9.17, 15) is 0 Å². The molecule has 1 aliphatic heterocycles. The minimum atomic E-state index is 0.951. The lowest BCUT2D eigenvalue weighted by Crippen LogP contribution is -2.33. The second-order valence-electron chi connectivity index (χ2n) is 4.69. The van der Waals surface area contributed by atoms with Crippen LogP contribution < -0.4 is 5.32 Å². The van der Waals surface area contributed by atoms with E-state index in [1.165, 1.54) is 43.8 Å². The second-order valence-corrected chi connectivity index (χ2v) is 5.72. The number of thiophene rings is 1. The molecule has 0 spiro atoms. The zero-order valence-corrected chi connectivity index (χ0v) is 10.9. The predicted molar refractivity (Wildman–Crippen MR) is 70.9 cm³/mol. The summed E-state index contributed by atoms with van der Waals surface area (Å²) >= 11 is 1.88. The third-order valence-corrected chi connectivity index (χ3v) is 4.33. The molecule has 0 unspecified atom stereocenters. The van der Waals surface area contributed by atoms with E-state index in [4.69, 9.17) is 0 Å². The van der Waals surface area contributed by atoms with Crippen LogP contribution in [-0.4, -0.2) is 31.6 Å². The van der Waals surface area contributed by atoms with E-state index in [1.807, 2.05) is 18.4 Å². The van der Waals surface area contributed by atoms with Crippen molar-refractivity contribution in [3.8, 4) is 0 Å². The van der Waals surface area contributed by atoms with Crippen molar-refractivity contribution in [1.29, 1.82) is 0 Å². The number of nitrogens with one attached hydrogen (secondary N) is 1. The summed E-state index contributed by atoms with van der Waals surface area (Å²) in [4.78, 5) is 4.11. The zero-order valence-electron chi connectivity index (χ0n) is 10.1. The van der Waals surface area contributed by atoms with Crippen LogP contribution in [0.3, 0.4) is 0 Å². The van der Waals surface area contributed by atoms with Crippen molar-refractivity contribution in [3.05, 3.63) is 22.4 Å². The standard InChI is InChI=1S/C13H22N2S/c1-14-7-4-12-5-8-15(9-6-12)11-13-3-2-10-16-13/h2-3,10,12,14H,4-9,11H2,1H3. The third-order valence-electron chi connectivity index (χ3n) is 3.47.